The SMILES string of the molecule is CCNS(=O)(=O)c1cc(CCl)n(C)c1. The molecule has 6 heteroatoms. The molecule has 14 heavy (non-hydrogen) atoms. The van der Waals surface area contributed by atoms with E-state index in [1.54, 1.807) is 30.8 Å². The molecule has 0 fully saturated rings. The largest absolute Gasteiger partial charge is 0.352 e. The first-order chi connectivity index (χ1) is 6.51. The second-order valence-electron chi connectivity index (χ2n) is 2.91. The molecule has 0 bridgehead atoms. The summed E-state index contributed by atoms with van der Waals surface area (Å²) in [6.07, 6.45) is 1.55. The van der Waals surface area contributed by atoms with Crippen LogP contribution in [0.4, 0.5) is 0 Å². The number of halogens is 1. The van der Waals surface area contributed by atoms with Gasteiger partial charge in [-0.25, -0.2) is 13.1 Å². The van der Waals surface area contributed by atoms with E-state index in [9.17, 15) is 8.42 Å². The highest BCUT2D eigenvalue weighted by Gasteiger charge is 2.15. The summed E-state index contributed by atoms with van der Waals surface area (Å²) in [7, 11) is -1.59. The summed E-state index contributed by atoms with van der Waals surface area (Å²) in [6.45, 7) is 2.12. The highest BCUT2D eigenvalue weighted by atomic mass is 35.5. The van der Waals surface area contributed by atoms with Crippen molar-refractivity contribution in [3.05, 3.63) is 18.0 Å². The maximum absolute atomic E-state index is 11.5. The van der Waals surface area contributed by atoms with Gasteiger partial charge in [0, 0.05) is 25.5 Å². The smallest absolute Gasteiger partial charge is 0.242 e. The first-order valence-electron chi connectivity index (χ1n) is 4.22. The van der Waals surface area contributed by atoms with E-state index < -0.39 is 10.0 Å². The van der Waals surface area contributed by atoms with Crippen LogP contribution in [0.3, 0.4) is 0 Å². The highest BCUT2D eigenvalue weighted by molar-refractivity contribution is 7.89. The topological polar surface area (TPSA) is 51.1 Å². The monoisotopic (exact) mass is 236 g/mol. The fourth-order valence-electron chi connectivity index (χ4n) is 1.13. The van der Waals surface area contributed by atoms with Gasteiger partial charge in [-0.3, -0.25) is 0 Å². The van der Waals surface area contributed by atoms with E-state index in [1.807, 2.05) is 0 Å². The molecule has 0 aromatic carbocycles. The molecular formula is C8H13ClN2O2S. The second kappa shape index (κ2) is 4.33. The van der Waals surface area contributed by atoms with E-state index in [-0.39, 0.29) is 4.90 Å². The van der Waals surface area contributed by atoms with Crippen LogP contribution in [-0.4, -0.2) is 19.5 Å². The fraction of sp³-hybridized carbons (Fsp3) is 0.500. The third-order valence-electron chi connectivity index (χ3n) is 1.86. The summed E-state index contributed by atoms with van der Waals surface area (Å²) in [6, 6.07) is 1.57. The molecule has 1 aromatic heterocycles. The van der Waals surface area contributed by atoms with Crippen molar-refractivity contribution in [1.29, 1.82) is 0 Å². The Labute approximate surface area is 88.9 Å². The summed E-state index contributed by atoms with van der Waals surface area (Å²) >= 11 is 5.64. The minimum Gasteiger partial charge on any atom is -0.352 e. The predicted molar refractivity (Wildman–Crippen MR) is 55.8 cm³/mol. The molecule has 0 aliphatic heterocycles. The van der Waals surface area contributed by atoms with Gasteiger partial charge in [-0.05, 0) is 6.07 Å². The molecule has 0 aliphatic rings. The van der Waals surface area contributed by atoms with Gasteiger partial charge in [0.2, 0.25) is 10.0 Å². The van der Waals surface area contributed by atoms with Crippen molar-refractivity contribution >= 4 is 21.6 Å². The molecule has 1 rings (SSSR count). The average Bonchev–Trinajstić information content (AvgIpc) is 2.47. The highest BCUT2D eigenvalue weighted by Crippen LogP contribution is 2.14. The lowest BCUT2D eigenvalue weighted by molar-refractivity contribution is 0.584. The summed E-state index contributed by atoms with van der Waals surface area (Å²) in [4.78, 5) is 0.262. The molecule has 1 N–H and O–H groups in total. The molecule has 0 saturated carbocycles. The standard InChI is InChI=1S/C8H13ClN2O2S/c1-3-10-14(12,13)8-4-7(5-9)11(2)6-8/h4,6,10H,3,5H2,1-2H3. The second-order valence-corrected chi connectivity index (χ2v) is 4.95. The molecule has 80 valence electrons. The van der Waals surface area contributed by atoms with Crippen LogP contribution in [0.15, 0.2) is 17.2 Å². The van der Waals surface area contributed by atoms with E-state index in [0.29, 0.717) is 12.4 Å². The zero-order valence-corrected chi connectivity index (χ0v) is 9.69. The van der Waals surface area contributed by atoms with Crippen LogP contribution < -0.4 is 4.72 Å². The Kier molecular flexibility index (Phi) is 3.58. The molecule has 0 unspecified atom stereocenters. The lowest BCUT2D eigenvalue weighted by Crippen LogP contribution is -2.22. The van der Waals surface area contributed by atoms with Crippen LogP contribution >= 0.6 is 11.6 Å². The number of hydrogen-bond acceptors (Lipinski definition) is 2. The maximum atomic E-state index is 11.5. The third-order valence-corrected chi connectivity index (χ3v) is 3.65. The Morgan fingerprint density at radius 3 is 2.64 bits per heavy atom. The van der Waals surface area contributed by atoms with Gasteiger partial charge in [0.1, 0.15) is 0 Å². The van der Waals surface area contributed by atoms with Gasteiger partial charge >= 0.3 is 0 Å². The van der Waals surface area contributed by atoms with Crippen molar-refractivity contribution < 1.29 is 8.42 Å². The van der Waals surface area contributed by atoms with Gasteiger partial charge in [0.15, 0.2) is 0 Å². The van der Waals surface area contributed by atoms with Gasteiger partial charge in [-0.15, -0.1) is 11.6 Å². The Morgan fingerprint density at radius 2 is 2.21 bits per heavy atom. The molecular weight excluding hydrogens is 224 g/mol. The normalized spacial score (nSPS) is 11.9. The molecule has 0 atom stereocenters. The Hall–Kier alpha value is -0.520. The molecule has 0 radical (unpaired) electrons. The van der Waals surface area contributed by atoms with Crippen LogP contribution in [0.2, 0.25) is 0 Å². The third kappa shape index (κ3) is 2.29. The van der Waals surface area contributed by atoms with E-state index in [1.165, 1.54) is 0 Å². The van der Waals surface area contributed by atoms with Crippen molar-refractivity contribution in [2.75, 3.05) is 6.54 Å². The van der Waals surface area contributed by atoms with E-state index >= 15 is 0 Å². The maximum Gasteiger partial charge on any atom is 0.242 e. The quantitative estimate of drug-likeness (QED) is 0.795. The molecule has 0 aliphatic carbocycles. The summed E-state index contributed by atoms with van der Waals surface area (Å²) in [5.41, 5.74) is 0.781. The van der Waals surface area contributed by atoms with Gasteiger partial charge < -0.3 is 4.57 Å². The number of hydrogen-bond donors (Lipinski definition) is 1. The zero-order chi connectivity index (χ0) is 10.8. The molecule has 0 amide bonds. The van der Waals surface area contributed by atoms with Gasteiger partial charge in [-0.2, -0.15) is 0 Å². The van der Waals surface area contributed by atoms with E-state index in [4.69, 9.17) is 11.6 Å². The number of sulfonamides is 1. The predicted octanol–water partition coefficient (Wildman–Crippen LogP) is 1.06. The first-order valence-corrected chi connectivity index (χ1v) is 6.24. The summed E-state index contributed by atoms with van der Waals surface area (Å²) in [5.74, 6) is 0.304. The van der Waals surface area contributed by atoms with E-state index in [2.05, 4.69) is 4.72 Å². The van der Waals surface area contributed by atoms with Crippen molar-refractivity contribution in [3.63, 3.8) is 0 Å². The number of aryl methyl sites for hydroxylation is 1. The van der Waals surface area contributed by atoms with Crippen molar-refractivity contribution in [3.8, 4) is 0 Å². The van der Waals surface area contributed by atoms with Crippen LogP contribution in [0.25, 0.3) is 0 Å². The number of alkyl halides is 1. The van der Waals surface area contributed by atoms with Crippen LogP contribution in [0.1, 0.15) is 12.6 Å². The average molecular weight is 237 g/mol. The minimum atomic E-state index is -3.35. The van der Waals surface area contributed by atoms with Crippen molar-refractivity contribution in [2.24, 2.45) is 7.05 Å². The van der Waals surface area contributed by atoms with Gasteiger partial charge in [0.25, 0.3) is 0 Å². The first kappa shape index (κ1) is 11.6. The summed E-state index contributed by atoms with van der Waals surface area (Å²) in [5, 5.41) is 0. The molecule has 1 heterocycles. The number of aromatic nitrogens is 1. The van der Waals surface area contributed by atoms with Crippen LogP contribution in [0.5, 0.6) is 0 Å². The summed E-state index contributed by atoms with van der Waals surface area (Å²) < 4.78 is 27.2. The van der Waals surface area contributed by atoms with Crippen LogP contribution in [-0.2, 0) is 23.0 Å². The fourth-order valence-corrected chi connectivity index (χ4v) is 2.53. The van der Waals surface area contributed by atoms with Crippen LogP contribution in [0, 0.1) is 0 Å². The lowest BCUT2D eigenvalue weighted by Gasteiger charge is -1.99. The molecule has 0 saturated heterocycles. The number of nitrogens with zero attached hydrogens (tertiary/aromatic N) is 1. The number of rotatable bonds is 4. The van der Waals surface area contributed by atoms with Gasteiger partial charge in [-0.1, -0.05) is 6.92 Å². The van der Waals surface area contributed by atoms with Gasteiger partial charge in [0.05, 0.1) is 10.8 Å². The van der Waals surface area contributed by atoms with E-state index in [0.717, 1.165) is 5.69 Å². The molecule has 0 spiro atoms. The lowest BCUT2D eigenvalue weighted by atomic mass is 10.5. The Morgan fingerprint density at radius 1 is 1.57 bits per heavy atom. The minimum absolute atomic E-state index is 0.262. The van der Waals surface area contributed by atoms with Crippen molar-refractivity contribution in [1.82, 2.24) is 9.29 Å². The zero-order valence-electron chi connectivity index (χ0n) is 8.12. The van der Waals surface area contributed by atoms with Crippen molar-refractivity contribution in [2.45, 2.75) is 17.7 Å². The number of nitrogens with one attached hydrogen (secondary N) is 1. The Balaban J connectivity index is 3.08. The Bertz CT molecular complexity index is 411. The molecule has 1 aromatic rings. The molecule has 4 nitrogen and oxygen atoms in total.